The van der Waals surface area contributed by atoms with Crippen LogP contribution < -0.4 is 0 Å². The fourth-order valence-corrected chi connectivity index (χ4v) is 4.62. The molecular formula is C22H36FN. The highest BCUT2D eigenvalue weighted by molar-refractivity contribution is 4.87. The van der Waals surface area contributed by atoms with E-state index in [9.17, 15) is 4.39 Å². The van der Waals surface area contributed by atoms with E-state index in [4.69, 9.17) is 5.26 Å². The van der Waals surface area contributed by atoms with Crippen LogP contribution in [0.2, 0.25) is 0 Å². The molecule has 0 bridgehead atoms. The van der Waals surface area contributed by atoms with Gasteiger partial charge in [-0.2, -0.15) is 5.26 Å². The molecule has 0 aromatic carbocycles. The highest BCUT2D eigenvalue weighted by Gasteiger charge is 2.24. The van der Waals surface area contributed by atoms with Crippen LogP contribution in [0.4, 0.5) is 4.39 Å². The van der Waals surface area contributed by atoms with Gasteiger partial charge in [0.05, 0.1) is 12.7 Å². The van der Waals surface area contributed by atoms with Crippen LogP contribution >= 0.6 is 0 Å². The van der Waals surface area contributed by atoms with Crippen LogP contribution in [0.25, 0.3) is 0 Å². The molecule has 0 aliphatic heterocycles. The predicted octanol–water partition coefficient (Wildman–Crippen LogP) is 6.99. The first-order valence-corrected chi connectivity index (χ1v) is 10.4. The third kappa shape index (κ3) is 7.37. The summed E-state index contributed by atoms with van der Waals surface area (Å²) in [7, 11) is 0. The van der Waals surface area contributed by atoms with Gasteiger partial charge in [0.2, 0.25) is 0 Å². The summed E-state index contributed by atoms with van der Waals surface area (Å²) in [5, 5.41) is 8.98. The summed E-state index contributed by atoms with van der Waals surface area (Å²) < 4.78 is 12.0. The second-order valence-corrected chi connectivity index (χ2v) is 8.19. The molecule has 2 rings (SSSR count). The normalized spacial score (nSPS) is 31.2. The number of allylic oxidation sites excluding steroid dienone is 2. The molecule has 0 spiro atoms. The third-order valence-electron chi connectivity index (χ3n) is 6.39. The minimum absolute atomic E-state index is 0.186. The summed E-state index contributed by atoms with van der Waals surface area (Å²) in [4.78, 5) is 0. The average Bonchev–Trinajstić information content (AvgIpc) is 2.64. The number of halogens is 1. The number of nitriles is 1. The minimum Gasteiger partial charge on any atom is -0.251 e. The molecule has 2 saturated carbocycles. The van der Waals surface area contributed by atoms with Crippen LogP contribution in [-0.4, -0.2) is 6.67 Å². The summed E-state index contributed by atoms with van der Waals surface area (Å²) >= 11 is 0. The molecule has 2 aliphatic carbocycles. The Morgan fingerprint density at radius 1 is 0.750 bits per heavy atom. The standard InChI is InChI=1S/C22H36FN/c23-17-5-3-1-2-4-6-19-7-9-20(10-8-19)11-12-21-13-15-22(18-24)16-14-21/h1-2,19-22H,3-17H2/b2-1+/t19?,20?,21-,22-. The third-order valence-corrected chi connectivity index (χ3v) is 6.39. The van der Waals surface area contributed by atoms with Crippen molar-refractivity contribution in [2.45, 2.75) is 89.9 Å². The highest BCUT2D eigenvalue weighted by Crippen LogP contribution is 2.37. The largest absolute Gasteiger partial charge is 0.251 e. The van der Waals surface area contributed by atoms with Crippen molar-refractivity contribution in [1.29, 1.82) is 5.26 Å². The predicted molar refractivity (Wildman–Crippen MR) is 99.3 cm³/mol. The topological polar surface area (TPSA) is 23.8 Å². The Labute approximate surface area is 148 Å². The highest BCUT2D eigenvalue weighted by atomic mass is 19.1. The summed E-state index contributed by atoms with van der Waals surface area (Å²) in [6.45, 7) is -0.186. The fraction of sp³-hybridized carbons (Fsp3) is 0.864. The zero-order valence-electron chi connectivity index (χ0n) is 15.4. The Hall–Kier alpha value is -0.840. The fourth-order valence-electron chi connectivity index (χ4n) is 4.62. The Morgan fingerprint density at radius 3 is 1.79 bits per heavy atom. The van der Waals surface area contributed by atoms with E-state index in [0.29, 0.717) is 12.3 Å². The monoisotopic (exact) mass is 333 g/mol. The molecule has 1 nitrogen and oxygen atoms in total. The van der Waals surface area contributed by atoms with E-state index < -0.39 is 0 Å². The van der Waals surface area contributed by atoms with E-state index in [1.807, 2.05) is 0 Å². The van der Waals surface area contributed by atoms with E-state index in [0.717, 1.165) is 37.0 Å². The average molecular weight is 334 g/mol. The van der Waals surface area contributed by atoms with Crippen molar-refractivity contribution in [3.05, 3.63) is 12.2 Å². The molecule has 0 aromatic heterocycles. The zero-order valence-corrected chi connectivity index (χ0v) is 15.4. The molecule has 0 amide bonds. The molecule has 0 unspecified atom stereocenters. The van der Waals surface area contributed by atoms with Crippen molar-refractivity contribution in [1.82, 2.24) is 0 Å². The first-order valence-electron chi connectivity index (χ1n) is 10.4. The minimum atomic E-state index is -0.186. The molecule has 0 saturated heterocycles. The number of hydrogen-bond donors (Lipinski definition) is 0. The lowest BCUT2D eigenvalue weighted by Crippen LogP contribution is -2.17. The second kappa shape index (κ2) is 11.7. The Bertz CT molecular complexity index is 381. The number of rotatable bonds is 9. The molecule has 0 atom stereocenters. The van der Waals surface area contributed by atoms with Gasteiger partial charge in [-0.15, -0.1) is 0 Å². The summed E-state index contributed by atoms with van der Waals surface area (Å²) in [5.74, 6) is 3.15. The number of unbranched alkanes of at least 4 members (excludes halogenated alkanes) is 1. The second-order valence-electron chi connectivity index (χ2n) is 8.19. The van der Waals surface area contributed by atoms with Crippen LogP contribution in [0.15, 0.2) is 12.2 Å². The van der Waals surface area contributed by atoms with Crippen molar-refractivity contribution >= 4 is 0 Å². The van der Waals surface area contributed by atoms with E-state index >= 15 is 0 Å². The van der Waals surface area contributed by atoms with Gasteiger partial charge >= 0.3 is 0 Å². The lowest BCUT2D eigenvalue weighted by Gasteiger charge is -2.30. The lowest BCUT2D eigenvalue weighted by molar-refractivity contribution is 0.223. The summed E-state index contributed by atoms with van der Waals surface area (Å²) in [6.07, 6.45) is 21.9. The SMILES string of the molecule is N#C[C@H]1CC[C@H](CCC2CCC(CC/C=C/CCCF)CC2)CC1. The molecule has 2 aliphatic rings. The van der Waals surface area contributed by atoms with E-state index in [-0.39, 0.29) is 6.67 Å². The maximum atomic E-state index is 12.0. The van der Waals surface area contributed by atoms with E-state index in [1.54, 1.807) is 0 Å². The molecule has 0 aromatic rings. The van der Waals surface area contributed by atoms with Crippen molar-refractivity contribution in [2.24, 2.45) is 23.7 Å². The van der Waals surface area contributed by atoms with Gasteiger partial charge in [-0.1, -0.05) is 50.7 Å². The molecule has 0 heterocycles. The van der Waals surface area contributed by atoms with Crippen LogP contribution in [-0.2, 0) is 0 Å². The van der Waals surface area contributed by atoms with Gasteiger partial charge < -0.3 is 0 Å². The van der Waals surface area contributed by atoms with Crippen molar-refractivity contribution < 1.29 is 4.39 Å². The number of hydrogen-bond acceptors (Lipinski definition) is 1. The molecular weight excluding hydrogens is 297 g/mol. The first-order chi connectivity index (χ1) is 11.8. The lowest BCUT2D eigenvalue weighted by atomic mass is 9.75. The summed E-state index contributed by atoms with van der Waals surface area (Å²) in [6, 6.07) is 2.44. The van der Waals surface area contributed by atoms with Crippen molar-refractivity contribution in [3.63, 3.8) is 0 Å². The Morgan fingerprint density at radius 2 is 1.25 bits per heavy atom. The zero-order chi connectivity index (χ0) is 17.0. The number of nitrogens with zero attached hydrogens (tertiary/aromatic N) is 1. The molecule has 24 heavy (non-hydrogen) atoms. The maximum absolute atomic E-state index is 12.0. The van der Waals surface area contributed by atoms with Crippen LogP contribution in [0.1, 0.15) is 89.9 Å². The van der Waals surface area contributed by atoms with Crippen molar-refractivity contribution in [3.8, 4) is 6.07 Å². The van der Waals surface area contributed by atoms with Gasteiger partial charge in [0, 0.05) is 5.92 Å². The van der Waals surface area contributed by atoms with Gasteiger partial charge in [-0.3, -0.25) is 4.39 Å². The molecule has 2 fully saturated rings. The van der Waals surface area contributed by atoms with Gasteiger partial charge in [0.1, 0.15) is 0 Å². The van der Waals surface area contributed by atoms with Gasteiger partial charge in [0.15, 0.2) is 0 Å². The first kappa shape index (κ1) is 19.5. The van der Waals surface area contributed by atoms with Gasteiger partial charge in [-0.25, -0.2) is 0 Å². The molecule has 0 N–H and O–H groups in total. The maximum Gasteiger partial charge on any atom is 0.0897 e. The Balaban J connectivity index is 1.50. The van der Waals surface area contributed by atoms with Crippen LogP contribution in [0.5, 0.6) is 0 Å². The van der Waals surface area contributed by atoms with Crippen LogP contribution in [0.3, 0.4) is 0 Å². The molecule has 0 radical (unpaired) electrons. The number of alkyl halides is 1. The van der Waals surface area contributed by atoms with Crippen LogP contribution in [0, 0.1) is 35.0 Å². The molecule has 136 valence electrons. The van der Waals surface area contributed by atoms with E-state index in [1.165, 1.54) is 64.2 Å². The summed E-state index contributed by atoms with van der Waals surface area (Å²) in [5.41, 5.74) is 0. The Kier molecular flexibility index (Phi) is 9.47. The van der Waals surface area contributed by atoms with Crippen molar-refractivity contribution in [2.75, 3.05) is 6.67 Å². The smallest absolute Gasteiger partial charge is 0.0897 e. The molecule has 2 heteroatoms. The van der Waals surface area contributed by atoms with Gasteiger partial charge in [-0.05, 0) is 69.1 Å². The van der Waals surface area contributed by atoms with E-state index in [2.05, 4.69) is 18.2 Å². The quantitative estimate of drug-likeness (QED) is 0.329. The van der Waals surface area contributed by atoms with Gasteiger partial charge in [0.25, 0.3) is 0 Å².